The van der Waals surface area contributed by atoms with Crippen molar-refractivity contribution in [3.05, 3.63) is 65.0 Å². The Balaban J connectivity index is 1.28. The number of carbonyl (C=O) groups excluding carboxylic acids is 1. The van der Waals surface area contributed by atoms with Gasteiger partial charge in [0.05, 0.1) is 17.3 Å². The van der Waals surface area contributed by atoms with E-state index >= 15 is 0 Å². The molecule has 0 saturated heterocycles. The van der Waals surface area contributed by atoms with Gasteiger partial charge in [-0.2, -0.15) is 18.3 Å². The number of ether oxygens (including phenoxy) is 2. The minimum atomic E-state index is -4.66. The molecule has 3 heterocycles. The fourth-order valence-electron chi connectivity index (χ4n) is 5.46. The maximum atomic E-state index is 14.0. The third-order valence-electron chi connectivity index (χ3n) is 7.72. The summed E-state index contributed by atoms with van der Waals surface area (Å²) in [4.78, 5) is 27.8. The lowest BCUT2D eigenvalue weighted by molar-refractivity contribution is -0.147. The molecule has 0 unspecified atom stereocenters. The van der Waals surface area contributed by atoms with E-state index in [1.807, 2.05) is 4.90 Å². The Kier molecular flexibility index (Phi) is 6.01. The number of aromatic nitrogens is 2. The van der Waals surface area contributed by atoms with Crippen LogP contribution in [0.5, 0.6) is 11.5 Å². The van der Waals surface area contributed by atoms with Crippen LogP contribution >= 0.6 is 0 Å². The first-order valence-corrected chi connectivity index (χ1v) is 12.5. The number of benzene rings is 2. The van der Waals surface area contributed by atoms with Crippen LogP contribution in [0.3, 0.4) is 0 Å². The van der Waals surface area contributed by atoms with E-state index in [0.29, 0.717) is 54.4 Å². The number of carboxylic acid groups (broad SMARTS) is 1. The Hall–Kier alpha value is -4.06. The molecule has 39 heavy (non-hydrogen) atoms. The molecule has 0 atom stereocenters. The Bertz CT molecular complexity index is 1460. The number of hydrogen-bond donors (Lipinski definition) is 1. The minimum Gasteiger partial charge on any atom is -0.481 e. The van der Waals surface area contributed by atoms with Crippen molar-refractivity contribution in [2.45, 2.75) is 38.0 Å². The fraction of sp³-hybridized carbons (Fsp3) is 0.370. The molecule has 1 amide bonds. The molecule has 3 aliphatic rings. The molecule has 0 radical (unpaired) electrons. The average molecular weight is 543 g/mol. The molecule has 9 nitrogen and oxygen atoms in total. The number of fused-ring (bicyclic) bond motifs is 2. The van der Waals surface area contributed by atoms with Crippen LogP contribution in [0.25, 0.3) is 5.69 Å². The van der Waals surface area contributed by atoms with Crippen LogP contribution in [0.2, 0.25) is 0 Å². The smallest absolute Gasteiger partial charge is 0.435 e. The topological polar surface area (TPSA) is 97.1 Å². The summed E-state index contributed by atoms with van der Waals surface area (Å²) in [5.74, 6) is -0.554. The summed E-state index contributed by atoms with van der Waals surface area (Å²) in [6.45, 7) is 0.652. The molecule has 2 aliphatic heterocycles. The summed E-state index contributed by atoms with van der Waals surface area (Å²) in [5, 5.41) is 13.1. The molecule has 1 aliphatic carbocycles. The van der Waals surface area contributed by atoms with Crippen LogP contribution in [-0.2, 0) is 23.9 Å². The number of hydrogen-bond acceptors (Lipinski definition) is 6. The number of amides is 1. The van der Waals surface area contributed by atoms with Crippen LogP contribution in [0.4, 0.5) is 18.9 Å². The first-order valence-electron chi connectivity index (χ1n) is 12.5. The number of carboxylic acids is 1. The standard InChI is InChI=1S/C27H25F3N4O5/c1-32(17-5-6-22-23(12-17)39-14-38-22)25(35)15-3-2-4-18(9-15)34-21-7-8-33(19-10-16(11-19)26(36)37)13-20(21)24(31-34)27(28,29)30/h2-6,9,12,16,19H,7-8,10-11,13-14H2,1H3,(H,36,37). The van der Waals surface area contributed by atoms with Gasteiger partial charge in [0.15, 0.2) is 17.2 Å². The molecule has 6 rings (SSSR count). The normalized spacial score (nSPS) is 20.3. The number of carbonyl (C=O) groups is 2. The summed E-state index contributed by atoms with van der Waals surface area (Å²) < 4.78 is 54.1. The summed E-state index contributed by atoms with van der Waals surface area (Å²) in [6.07, 6.45) is -3.47. The Morgan fingerprint density at radius 3 is 2.62 bits per heavy atom. The van der Waals surface area contributed by atoms with E-state index in [-0.39, 0.29) is 36.4 Å². The van der Waals surface area contributed by atoms with Crippen molar-refractivity contribution in [1.82, 2.24) is 14.7 Å². The van der Waals surface area contributed by atoms with Gasteiger partial charge in [0.25, 0.3) is 5.91 Å². The van der Waals surface area contributed by atoms with Crippen LogP contribution in [0, 0.1) is 5.92 Å². The predicted octanol–water partition coefficient (Wildman–Crippen LogP) is 4.12. The molecule has 2 aromatic carbocycles. The highest BCUT2D eigenvalue weighted by molar-refractivity contribution is 6.06. The van der Waals surface area contributed by atoms with Gasteiger partial charge in [0, 0.05) is 55.5 Å². The van der Waals surface area contributed by atoms with E-state index in [2.05, 4.69) is 5.10 Å². The minimum absolute atomic E-state index is 0.0483. The number of halogens is 3. The van der Waals surface area contributed by atoms with Gasteiger partial charge in [0.1, 0.15) is 0 Å². The molecule has 1 aromatic heterocycles. The highest BCUT2D eigenvalue weighted by Gasteiger charge is 2.44. The second-order valence-electron chi connectivity index (χ2n) is 10.0. The molecule has 0 spiro atoms. The summed E-state index contributed by atoms with van der Waals surface area (Å²) in [5.41, 5.74) is 0.812. The summed E-state index contributed by atoms with van der Waals surface area (Å²) in [6, 6.07) is 11.4. The number of nitrogens with zero attached hydrogens (tertiary/aromatic N) is 4. The van der Waals surface area contributed by atoms with Crippen molar-refractivity contribution < 1.29 is 37.3 Å². The van der Waals surface area contributed by atoms with Crippen molar-refractivity contribution in [2.75, 3.05) is 25.3 Å². The lowest BCUT2D eigenvalue weighted by Gasteiger charge is -2.43. The van der Waals surface area contributed by atoms with Gasteiger partial charge >= 0.3 is 12.1 Å². The SMILES string of the molecule is CN(C(=O)c1cccc(-n2nc(C(F)(F)F)c3c2CCN(C2CC(C(=O)O)C2)C3)c1)c1ccc2c(c1)OCO2. The van der Waals surface area contributed by atoms with Crippen molar-refractivity contribution in [3.63, 3.8) is 0 Å². The van der Waals surface area contributed by atoms with Gasteiger partial charge in [-0.15, -0.1) is 0 Å². The van der Waals surface area contributed by atoms with E-state index in [0.717, 1.165) is 0 Å². The Labute approximate surface area is 221 Å². The van der Waals surface area contributed by atoms with Crippen LogP contribution in [-0.4, -0.2) is 58.1 Å². The predicted molar refractivity (Wildman–Crippen MR) is 132 cm³/mol. The van der Waals surface area contributed by atoms with Crippen molar-refractivity contribution >= 4 is 17.6 Å². The summed E-state index contributed by atoms with van der Waals surface area (Å²) >= 11 is 0. The number of anilines is 1. The molecule has 12 heteroatoms. The highest BCUT2D eigenvalue weighted by atomic mass is 19.4. The van der Waals surface area contributed by atoms with E-state index in [1.54, 1.807) is 43.4 Å². The zero-order valence-electron chi connectivity index (χ0n) is 20.9. The van der Waals surface area contributed by atoms with E-state index in [4.69, 9.17) is 14.6 Å². The summed E-state index contributed by atoms with van der Waals surface area (Å²) in [7, 11) is 1.61. The molecular weight excluding hydrogens is 517 g/mol. The second kappa shape index (κ2) is 9.30. The van der Waals surface area contributed by atoms with Gasteiger partial charge in [0.2, 0.25) is 6.79 Å². The third kappa shape index (κ3) is 4.48. The Morgan fingerprint density at radius 1 is 1.10 bits per heavy atom. The highest BCUT2D eigenvalue weighted by Crippen LogP contribution is 2.40. The van der Waals surface area contributed by atoms with Crippen molar-refractivity contribution in [1.29, 1.82) is 0 Å². The van der Waals surface area contributed by atoms with Crippen LogP contribution in [0.1, 0.15) is 40.2 Å². The molecule has 1 saturated carbocycles. The van der Waals surface area contributed by atoms with Crippen LogP contribution in [0.15, 0.2) is 42.5 Å². The van der Waals surface area contributed by atoms with Gasteiger partial charge in [-0.25, -0.2) is 4.68 Å². The molecule has 0 bridgehead atoms. The van der Waals surface area contributed by atoms with Gasteiger partial charge in [-0.1, -0.05) is 6.07 Å². The second-order valence-corrected chi connectivity index (χ2v) is 10.0. The lowest BCUT2D eigenvalue weighted by Crippen LogP contribution is -2.49. The van der Waals surface area contributed by atoms with E-state index < -0.39 is 23.8 Å². The molecule has 3 aromatic rings. The molecule has 1 fully saturated rings. The fourth-order valence-corrected chi connectivity index (χ4v) is 5.46. The van der Waals surface area contributed by atoms with Crippen molar-refractivity contribution in [2.24, 2.45) is 5.92 Å². The third-order valence-corrected chi connectivity index (χ3v) is 7.72. The lowest BCUT2D eigenvalue weighted by atomic mass is 9.78. The first kappa shape index (κ1) is 25.2. The monoisotopic (exact) mass is 542 g/mol. The van der Waals surface area contributed by atoms with Gasteiger partial charge in [-0.3, -0.25) is 14.5 Å². The average Bonchev–Trinajstić information content (AvgIpc) is 3.51. The quantitative estimate of drug-likeness (QED) is 0.518. The molecule has 1 N–H and O–H groups in total. The van der Waals surface area contributed by atoms with E-state index in [9.17, 15) is 22.8 Å². The van der Waals surface area contributed by atoms with Gasteiger partial charge in [-0.05, 0) is 43.2 Å². The van der Waals surface area contributed by atoms with Crippen molar-refractivity contribution in [3.8, 4) is 17.2 Å². The maximum Gasteiger partial charge on any atom is 0.435 e. The number of rotatable bonds is 5. The maximum absolute atomic E-state index is 14.0. The zero-order chi connectivity index (χ0) is 27.5. The number of aliphatic carboxylic acids is 1. The first-order chi connectivity index (χ1) is 18.6. The zero-order valence-corrected chi connectivity index (χ0v) is 20.9. The Morgan fingerprint density at radius 2 is 1.87 bits per heavy atom. The molecular formula is C27H25F3N4O5. The molecule has 204 valence electrons. The number of alkyl halides is 3. The van der Waals surface area contributed by atoms with E-state index in [1.165, 1.54) is 15.6 Å². The van der Waals surface area contributed by atoms with Crippen LogP contribution < -0.4 is 14.4 Å². The van der Waals surface area contributed by atoms with Gasteiger partial charge < -0.3 is 19.5 Å². The largest absolute Gasteiger partial charge is 0.481 e.